The molecule has 0 aliphatic rings. The topological polar surface area (TPSA) is 85.9 Å². The number of hydrogen-bond acceptors (Lipinski definition) is 6. The smallest absolute Gasteiger partial charge is 0.268 e. The van der Waals surface area contributed by atoms with Gasteiger partial charge in [-0.25, -0.2) is 0 Å². The molecule has 0 spiro atoms. The van der Waals surface area contributed by atoms with Gasteiger partial charge in [0.1, 0.15) is 18.1 Å². The molecular formula is C27H30N2O5S. The zero-order valence-corrected chi connectivity index (χ0v) is 21.3. The fourth-order valence-corrected chi connectivity index (χ4v) is 3.87. The largest absolute Gasteiger partial charge is 0.493 e. The minimum absolute atomic E-state index is 0.130. The van der Waals surface area contributed by atoms with Gasteiger partial charge in [-0.2, -0.15) is 0 Å². The van der Waals surface area contributed by atoms with E-state index in [9.17, 15) is 9.59 Å². The van der Waals surface area contributed by atoms with Gasteiger partial charge in [-0.15, -0.1) is 11.3 Å². The van der Waals surface area contributed by atoms with E-state index >= 15 is 0 Å². The summed E-state index contributed by atoms with van der Waals surface area (Å²) in [5.41, 5.74) is 2.79. The second kappa shape index (κ2) is 12.1. The number of thiophene rings is 1. The Morgan fingerprint density at radius 1 is 1.00 bits per heavy atom. The van der Waals surface area contributed by atoms with Crippen LogP contribution in [0.4, 0.5) is 0 Å². The van der Waals surface area contributed by atoms with Crippen LogP contribution in [-0.4, -0.2) is 38.7 Å². The maximum atomic E-state index is 13.1. The molecule has 7 nitrogen and oxygen atoms in total. The molecule has 0 aliphatic carbocycles. The first-order valence-electron chi connectivity index (χ1n) is 11.1. The predicted molar refractivity (Wildman–Crippen MR) is 138 cm³/mol. The summed E-state index contributed by atoms with van der Waals surface area (Å²) in [4.78, 5) is 26.9. The average Bonchev–Trinajstić information content (AvgIpc) is 3.37. The molecule has 2 aromatic carbocycles. The Balaban J connectivity index is 1.71. The number of carbonyl (C=O) groups is 2. The highest BCUT2D eigenvalue weighted by Crippen LogP contribution is 2.27. The van der Waals surface area contributed by atoms with Crippen molar-refractivity contribution in [3.05, 3.63) is 81.2 Å². The lowest BCUT2D eigenvalue weighted by atomic mass is 10.1. The number of aryl methyl sites for hydroxylation is 2. The Kier molecular flexibility index (Phi) is 8.92. The lowest BCUT2D eigenvalue weighted by molar-refractivity contribution is -0.118. The van der Waals surface area contributed by atoms with E-state index < -0.39 is 11.8 Å². The van der Waals surface area contributed by atoms with Gasteiger partial charge in [0.15, 0.2) is 11.5 Å². The minimum atomic E-state index is -0.442. The van der Waals surface area contributed by atoms with Crippen LogP contribution in [0.2, 0.25) is 0 Å². The van der Waals surface area contributed by atoms with Gasteiger partial charge in [-0.3, -0.25) is 9.59 Å². The summed E-state index contributed by atoms with van der Waals surface area (Å²) in [5, 5.41) is 7.53. The van der Waals surface area contributed by atoms with Crippen molar-refractivity contribution < 1.29 is 23.8 Å². The Hall–Kier alpha value is -3.78. The maximum absolute atomic E-state index is 13.1. The molecule has 1 aromatic heterocycles. The molecular weight excluding hydrogens is 464 g/mol. The number of rotatable bonds is 10. The van der Waals surface area contributed by atoms with Crippen molar-refractivity contribution >= 4 is 29.2 Å². The highest BCUT2D eigenvalue weighted by atomic mass is 32.1. The fraction of sp³-hybridized carbons (Fsp3) is 0.259. The van der Waals surface area contributed by atoms with Gasteiger partial charge in [0.2, 0.25) is 0 Å². The monoisotopic (exact) mass is 494 g/mol. The zero-order valence-electron chi connectivity index (χ0n) is 20.5. The van der Waals surface area contributed by atoms with Gasteiger partial charge in [-0.1, -0.05) is 12.1 Å². The van der Waals surface area contributed by atoms with Crippen LogP contribution < -0.4 is 24.8 Å². The van der Waals surface area contributed by atoms with Crippen molar-refractivity contribution in [3.8, 4) is 17.2 Å². The lowest BCUT2D eigenvalue weighted by Gasteiger charge is -2.17. The first-order valence-corrected chi connectivity index (χ1v) is 12.0. The Bertz CT molecular complexity index is 1200. The third-order valence-electron chi connectivity index (χ3n) is 5.32. The zero-order chi connectivity index (χ0) is 25.4. The van der Waals surface area contributed by atoms with E-state index in [2.05, 4.69) is 10.6 Å². The molecule has 0 fully saturated rings. The van der Waals surface area contributed by atoms with E-state index in [-0.39, 0.29) is 18.3 Å². The van der Waals surface area contributed by atoms with Gasteiger partial charge in [0.05, 0.1) is 20.3 Å². The molecule has 1 heterocycles. The molecule has 0 saturated heterocycles. The van der Waals surface area contributed by atoms with E-state index in [0.29, 0.717) is 17.1 Å². The lowest BCUT2D eigenvalue weighted by Crippen LogP contribution is -2.41. The number of ether oxygens (including phenoxy) is 3. The van der Waals surface area contributed by atoms with Crippen molar-refractivity contribution in [2.24, 2.45) is 0 Å². The molecule has 0 aliphatic heterocycles. The third-order valence-corrected chi connectivity index (χ3v) is 6.14. The van der Waals surface area contributed by atoms with Crippen LogP contribution in [0.25, 0.3) is 6.08 Å². The van der Waals surface area contributed by atoms with Crippen molar-refractivity contribution in [2.75, 3.05) is 20.8 Å². The Morgan fingerprint density at radius 3 is 2.43 bits per heavy atom. The SMILES string of the molecule is COc1ccc(C(=O)N/C(=C\c2cccs2)C(=O)N[C@H](C)COc2ccc(C)c(C)c2)cc1OC. The van der Waals surface area contributed by atoms with Gasteiger partial charge in [-0.05, 0) is 79.8 Å². The number of hydrogen-bond donors (Lipinski definition) is 2. The fourth-order valence-electron chi connectivity index (χ4n) is 3.21. The summed E-state index contributed by atoms with van der Waals surface area (Å²) in [7, 11) is 3.02. The maximum Gasteiger partial charge on any atom is 0.268 e. The molecule has 2 N–H and O–H groups in total. The van der Waals surface area contributed by atoms with Crippen molar-refractivity contribution in [1.82, 2.24) is 10.6 Å². The molecule has 0 unspecified atom stereocenters. The summed E-state index contributed by atoms with van der Waals surface area (Å²) < 4.78 is 16.4. The summed E-state index contributed by atoms with van der Waals surface area (Å²) in [6, 6.07) is 14.1. The highest BCUT2D eigenvalue weighted by Gasteiger charge is 2.18. The number of nitrogens with one attached hydrogen (secondary N) is 2. The molecule has 0 saturated carbocycles. The molecule has 1 atom stereocenters. The second-order valence-corrected chi connectivity index (χ2v) is 9.01. The van der Waals surface area contributed by atoms with E-state index in [4.69, 9.17) is 14.2 Å². The van der Waals surface area contributed by atoms with Crippen molar-refractivity contribution in [2.45, 2.75) is 26.8 Å². The normalized spacial score (nSPS) is 12.0. The van der Waals surface area contributed by atoms with Gasteiger partial charge >= 0.3 is 0 Å². The van der Waals surface area contributed by atoms with Gasteiger partial charge < -0.3 is 24.8 Å². The molecule has 0 bridgehead atoms. The molecule has 184 valence electrons. The van der Waals surface area contributed by atoms with Crippen LogP contribution in [-0.2, 0) is 4.79 Å². The molecule has 3 rings (SSSR count). The van der Waals surface area contributed by atoms with Crippen LogP contribution in [0.5, 0.6) is 17.2 Å². The van der Waals surface area contributed by atoms with Crippen molar-refractivity contribution in [3.63, 3.8) is 0 Å². The summed E-state index contributed by atoms with van der Waals surface area (Å²) >= 11 is 1.46. The van der Waals surface area contributed by atoms with Crippen LogP contribution in [0.15, 0.2) is 59.6 Å². The first kappa shape index (κ1) is 25.8. The first-order chi connectivity index (χ1) is 16.8. The van der Waals surface area contributed by atoms with Gasteiger partial charge in [0, 0.05) is 10.4 Å². The standard InChI is InChI=1S/C27H30N2O5S/c1-17-8-10-21(13-18(17)2)34-16-19(3)28-27(31)23(15-22-7-6-12-35-22)29-26(30)20-9-11-24(32-4)25(14-20)33-5/h6-15,19H,16H2,1-5H3,(H,28,31)(H,29,30)/b23-15-/t19-/m1/s1. The Labute approximate surface area is 209 Å². The quantitative estimate of drug-likeness (QED) is 0.398. The van der Waals surface area contributed by atoms with E-state index in [1.807, 2.05) is 56.5 Å². The number of amides is 2. The van der Waals surface area contributed by atoms with Crippen LogP contribution in [0.1, 0.15) is 33.3 Å². The molecule has 8 heteroatoms. The summed E-state index contributed by atoms with van der Waals surface area (Å²) in [6.45, 7) is 6.19. The summed E-state index contributed by atoms with van der Waals surface area (Å²) in [6.07, 6.45) is 1.65. The highest BCUT2D eigenvalue weighted by molar-refractivity contribution is 7.10. The second-order valence-electron chi connectivity index (χ2n) is 8.03. The van der Waals surface area contributed by atoms with Gasteiger partial charge in [0.25, 0.3) is 11.8 Å². The van der Waals surface area contributed by atoms with Crippen LogP contribution in [0, 0.1) is 13.8 Å². The molecule has 35 heavy (non-hydrogen) atoms. The van der Waals surface area contributed by atoms with E-state index in [0.717, 1.165) is 16.2 Å². The number of methoxy groups -OCH3 is 2. The van der Waals surface area contributed by atoms with Crippen LogP contribution in [0.3, 0.4) is 0 Å². The Morgan fingerprint density at radius 2 is 1.77 bits per heavy atom. The number of benzene rings is 2. The molecule has 0 radical (unpaired) electrons. The van der Waals surface area contributed by atoms with E-state index in [1.165, 1.54) is 31.1 Å². The van der Waals surface area contributed by atoms with Crippen molar-refractivity contribution in [1.29, 1.82) is 0 Å². The minimum Gasteiger partial charge on any atom is -0.493 e. The molecule has 3 aromatic rings. The summed E-state index contributed by atoms with van der Waals surface area (Å²) in [5.74, 6) is 0.816. The number of carbonyl (C=O) groups excluding carboxylic acids is 2. The predicted octanol–water partition coefficient (Wildman–Crippen LogP) is 4.74. The third kappa shape index (κ3) is 7.10. The van der Waals surface area contributed by atoms with Crippen LogP contribution >= 0.6 is 11.3 Å². The molecule has 2 amide bonds. The average molecular weight is 495 g/mol. The van der Waals surface area contributed by atoms with E-state index in [1.54, 1.807) is 24.3 Å².